The predicted molar refractivity (Wildman–Crippen MR) is 137 cm³/mol. The van der Waals surface area contributed by atoms with Gasteiger partial charge in [-0.25, -0.2) is 0 Å². The average molecular weight is 495 g/mol. The fraction of sp³-hybridized carbons (Fsp3) is 0.167. The number of aromatic nitrogens is 1. The molecule has 0 saturated carbocycles. The van der Waals surface area contributed by atoms with Crippen LogP contribution in [0.2, 0.25) is 0 Å². The molecule has 0 unspecified atom stereocenters. The first-order chi connectivity index (χ1) is 17.9. The van der Waals surface area contributed by atoms with Crippen molar-refractivity contribution >= 4 is 17.4 Å². The molecule has 1 aliphatic heterocycles. The largest absolute Gasteiger partial charge is 0.507 e. The lowest BCUT2D eigenvalue weighted by Crippen LogP contribution is -2.29. The third kappa shape index (κ3) is 4.89. The normalized spacial score (nSPS) is 16.8. The Morgan fingerprint density at radius 1 is 1.00 bits per heavy atom. The van der Waals surface area contributed by atoms with Gasteiger partial charge in [-0.1, -0.05) is 30.3 Å². The maximum absolute atomic E-state index is 13.2. The van der Waals surface area contributed by atoms with Crippen LogP contribution in [-0.2, 0) is 22.7 Å². The Bertz CT molecular complexity index is 1470. The number of aliphatic hydroxyl groups excluding tert-OH is 1. The molecule has 3 heterocycles. The minimum atomic E-state index is -0.870. The molecule has 2 aromatic carbocycles. The number of aliphatic hydroxyl groups is 1. The number of hydrogen-bond donors (Lipinski definition) is 1. The monoisotopic (exact) mass is 494 g/mol. The highest BCUT2D eigenvalue weighted by Crippen LogP contribution is 2.41. The molecule has 7 nitrogen and oxygen atoms in total. The summed E-state index contributed by atoms with van der Waals surface area (Å²) in [7, 11) is 0. The van der Waals surface area contributed by atoms with Crippen molar-refractivity contribution in [2.45, 2.75) is 33.0 Å². The zero-order valence-corrected chi connectivity index (χ0v) is 20.5. The quantitative estimate of drug-likeness (QED) is 0.207. The second-order valence-electron chi connectivity index (χ2n) is 8.98. The highest BCUT2D eigenvalue weighted by molar-refractivity contribution is 6.46. The summed E-state index contributed by atoms with van der Waals surface area (Å²) in [5, 5.41) is 11.3. The predicted octanol–water partition coefficient (Wildman–Crippen LogP) is 5.49. The van der Waals surface area contributed by atoms with Gasteiger partial charge in [0.05, 0.1) is 5.57 Å². The van der Waals surface area contributed by atoms with Crippen LogP contribution >= 0.6 is 0 Å². The molecule has 0 bridgehead atoms. The molecule has 1 atom stereocenters. The molecule has 4 aromatic rings. The molecule has 2 aromatic heterocycles. The van der Waals surface area contributed by atoms with Crippen molar-refractivity contribution in [2.75, 3.05) is 0 Å². The number of carbonyl (C=O) groups is 2. The highest BCUT2D eigenvalue weighted by atomic mass is 16.5. The lowest BCUT2D eigenvalue weighted by Gasteiger charge is -2.23. The number of pyridine rings is 1. The Morgan fingerprint density at radius 3 is 2.46 bits per heavy atom. The van der Waals surface area contributed by atoms with E-state index in [1.807, 2.05) is 37.3 Å². The summed E-state index contributed by atoms with van der Waals surface area (Å²) in [4.78, 5) is 31.8. The highest BCUT2D eigenvalue weighted by Gasteiger charge is 2.47. The molecule has 0 radical (unpaired) electrons. The Hall–Kier alpha value is -4.65. The van der Waals surface area contributed by atoms with Gasteiger partial charge < -0.3 is 19.2 Å². The number of likely N-dealkylation sites (tertiary alicyclic amines) is 1. The fourth-order valence-electron chi connectivity index (χ4n) is 4.43. The number of benzene rings is 2. The number of hydrogen-bond acceptors (Lipinski definition) is 6. The maximum atomic E-state index is 13.2. The number of amides is 1. The number of ether oxygens (including phenoxy) is 1. The van der Waals surface area contributed by atoms with Gasteiger partial charge in [-0.3, -0.25) is 14.6 Å². The van der Waals surface area contributed by atoms with Crippen LogP contribution in [0.25, 0.3) is 5.76 Å². The van der Waals surface area contributed by atoms with E-state index in [0.717, 1.165) is 16.7 Å². The number of aryl methyl sites for hydroxylation is 2. The Kier molecular flexibility index (Phi) is 6.60. The Labute approximate surface area is 214 Å². The van der Waals surface area contributed by atoms with Crippen LogP contribution in [0.4, 0.5) is 0 Å². The second-order valence-corrected chi connectivity index (χ2v) is 8.98. The summed E-state index contributed by atoms with van der Waals surface area (Å²) in [6.45, 7) is 4.37. The first kappa shape index (κ1) is 24.1. The molecule has 5 rings (SSSR count). The molecule has 1 saturated heterocycles. The van der Waals surface area contributed by atoms with Crippen LogP contribution in [0.1, 0.15) is 39.8 Å². The summed E-state index contributed by atoms with van der Waals surface area (Å²) >= 11 is 0. The van der Waals surface area contributed by atoms with E-state index in [0.29, 0.717) is 29.4 Å². The summed E-state index contributed by atoms with van der Waals surface area (Å²) < 4.78 is 11.7. The number of rotatable bonds is 7. The van der Waals surface area contributed by atoms with E-state index in [9.17, 15) is 14.7 Å². The summed E-state index contributed by atoms with van der Waals surface area (Å²) in [5.74, 6) is -0.0769. The third-order valence-corrected chi connectivity index (χ3v) is 6.43. The molecule has 7 heteroatoms. The molecule has 1 aliphatic rings. The lowest BCUT2D eigenvalue weighted by atomic mass is 9.99. The van der Waals surface area contributed by atoms with Crippen molar-refractivity contribution in [1.29, 1.82) is 0 Å². The van der Waals surface area contributed by atoms with E-state index < -0.39 is 17.7 Å². The molecule has 0 aliphatic carbocycles. The van der Waals surface area contributed by atoms with Crippen molar-refractivity contribution in [1.82, 2.24) is 9.88 Å². The molecule has 37 heavy (non-hydrogen) atoms. The average Bonchev–Trinajstić information content (AvgIpc) is 3.45. The van der Waals surface area contributed by atoms with E-state index in [-0.39, 0.29) is 17.9 Å². The molecule has 1 N–H and O–H groups in total. The number of nitrogens with zero attached hydrogens (tertiary/aromatic N) is 2. The zero-order valence-electron chi connectivity index (χ0n) is 20.5. The van der Waals surface area contributed by atoms with Crippen LogP contribution in [0.3, 0.4) is 0 Å². The fourth-order valence-corrected chi connectivity index (χ4v) is 4.43. The molecular weight excluding hydrogens is 468 g/mol. The SMILES string of the molecule is Cc1ccc([C@@H]2/C(=C(\O)c3ccc(OCc4ccccc4C)cc3)C(=O)C(=O)N2Cc2cccnc2)o1. The minimum absolute atomic E-state index is 0.0168. The summed E-state index contributed by atoms with van der Waals surface area (Å²) in [6, 6.07) is 21.0. The van der Waals surface area contributed by atoms with Gasteiger partial charge in [0.25, 0.3) is 11.7 Å². The van der Waals surface area contributed by atoms with Crippen LogP contribution in [0.5, 0.6) is 5.75 Å². The van der Waals surface area contributed by atoms with Gasteiger partial charge in [-0.2, -0.15) is 0 Å². The summed E-state index contributed by atoms with van der Waals surface area (Å²) in [6.07, 6.45) is 3.28. The molecular formula is C30H26N2O5. The van der Waals surface area contributed by atoms with E-state index in [1.54, 1.807) is 61.8 Å². The van der Waals surface area contributed by atoms with Crippen LogP contribution in [-0.4, -0.2) is 26.7 Å². The van der Waals surface area contributed by atoms with Gasteiger partial charge in [0, 0.05) is 24.5 Å². The van der Waals surface area contributed by atoms with Crippen LogP contribution in [0.15, 0.2) is 95.2 Å². The van der Waals surface area contributed by atoms with E-state index in [1.165, 1.54) is 4.90 Å². The van der Waals surface area contributed by atoms with Crippen molar-refractivity contribution in [3.05, 3.63) is 125 Å². The van der Waals surface area contributed by atoms with Gasteiger partial charge in [0.15, 0.2) is 0 Å². The summed E-state index contributed by atoms with van der Waals surface area (Å²) in [5.41, 5.74) is 3.36. The van der Waals surface area contributed by atoms with Gasteiger partial charge in [0.2, 0.25) is 0 Å². The number of ketones is 1. The van der Waals surface area contributed by atoms with Gasteiger partial charge >= 0.3 is 0 Å². The molecule has 186 valence electrons. The van der Waals surface area contributed by atoms with Gasteiger partial charge in [0.1, 0.15) is 35.7 Å². The van der Waals surface area contributed by atoms with Crippen molar-refractivity contribution in [3.8, 4) is 5.75 Å². The van der Waals surface area contributed by atoms with Crippen LogP contribution in [0, 0.1) is 13.8 Å². The number of furan rings is 1. The van der Waals surface area contributed by atoms with E-state index in [4.69, 9.17) is 9.15 Å². The van der Waals surface area contributed by atoms with Crippen molar-refractivity contribution < 1.29 is 23.8 Å². The number of carbonyl (C=O) groups excluding carboxylic acids is 2. The standard InChI is InChI=1S/C30H26N2O5/c1-19-6-3-4-8-23(19)18-36-24-12-10-22(11-13-24)28(33)26-27(25-14-9-20(2)37-25)32(30(35)29(26)34)17-21-7-5-15-31-16-21/h3-16,27,33H,17-18H2,1-2H3/b28-26+/t27-/m1/s1. The molecule has 0 spiro atoms. The first-order valence-corrected chi connectivity index (χ1v) is 11.9. The number of Topliss-reactive ketones (excluding diaryl/α,β-unsaturated/α-hetero) is 1. The van der Waals surface area contributed by atoms with E-state index >= 15 is 0 Å². The lowest BCUT2D eigenvalue weighted by molar-refractivity contribution is -0.140. The smallest absolute Gasteiger partial charge is 0.296 e. The second kappa shape index (κ2) is 10.1. The van der Waals surface area contributed by atoms with Crippen LogP contribution < -0.4 is 4.74 Å². The third-order valence-electron chi connectivity index (χ3n) is 6.43. The van der Waals surface area contributed by atoms with Crippen molar-refractivity contribution in [2.24, 2.45) is 0 Å². The zero-order chi connectivity index (χ0) is 25.9. The Morgan fingerprint density at radius 2 is 1.78 bits per heavy atom. The maximum Gasteiger partial charge on any atom is 0.296 e. The topological polar surface area (TPSA) is 92.9 Å². The molecule has 1 fully saturated rings. The Balaban J connectivity index is 1.46. The minimum Gasteiger partial charge on any atom is -0.507 e. The van der Waals surface area contributed by atoms with Gasteiger partial charge in [-0.05, 0) is 73.0 Å². The van der Waals surface area contributed by atoms with E-state index in [2.05, 4.69) is 4.98 Å². The van der Waals surface area contributed by atoms with Crippen molar-refractivity contribution in [3.63, 3.8) is 0 Å². The first-order valence-electron chi connectivity index (χ1n) is 11.9. The van der Waals surface area contributed by atoms with Gasteiger partial charge in [-0.15, -0.1) is 0 Å². The molecule has 1 amide bonds.